The summed E-state index contributed by atoms with van der Waals surface area (Å²) in [6, 6.07) is 0.697. The topological polar surface area (TPSA) is 24.1 Å². The van der Waals surface area contributed by atoms with Crippen LogP contribution in [-0.4, -0.2) is 26.7 Å². The molecule has 0 heterocycles. The van der Waals surface area contributed by atoms with Crippen LogP contribution < -0.4 is 10.6 Å². The molecule has 0 aromatic heterocycles. The molecule has 12 heavy (non-hydrogen) atoms. The lowest BCUT2D eigenvalue weighted by Crippen LogP contribution is -2.30. The van der Waals surface area contributed by atoms with Gasteiger partial charge in [-0.3, -0.25) is 0 Å². The highest BCUT2D eigenvalue weighted by molar-refractivity contribution is 4.69. The first kappa shape index (κ1) is 11.9. The van der Waals surface area contributed by atoms with Gasteiger partial charge in [0.1, 0.15) is 0 Å². The minimum Gasteiger partial charge on any atom is -0.319 e. The van der Waals surface area contributed by atoms with Crippen molar-refractivity contribution in [3.05, 3.63) is 0 Å². The van der Waals surface area contributed by atoms with Crippen molar-refractivity contribution in [1.29, 1.82) is 0 Å². The van der Waals surface area contributed by atoms with Crippen LogP contribution in [0, 0.1) is 5.92 Å². The lowest BCUT2D eigenvalue weighted by molar-refractivity contribution is 0.372. The summed E-state index contributed by atoms with van der Waals surface area (Å²) in [5.74, 6) is 0.826. The quantitative estimate of drug-likeness (QED) is 0.610. The third-order valence-corrected chi connectivity index (χ3v) is 2.59. The van der Waals surface area contributed by atoms with Gasteiger partial charge in [-0.1, -0.05) is 20.3 Å². The highest BCUT2D eigenvalue weighted by Gasteiger charge is 2.10. The van der Waals surface area contributed by atoms with Gasteiger partial charge in [-0.25, -0.2) is 0 Å². The van der Waals surface area contributed by atoms with Crippen LogP contribution in [0.15, 0.2) is 0 Å². The minimum absolute atomic E-state index is 0.697. The van der Waals surface area contributed by atoms with Gasteiger partial charge >= 0.3 is 0 Å². The molecule has 0 aliphatic carbocycles. The zero-order valence-electron chi connectivity index (χ0n) is 8.98. The Morgan fingerprint density at radius 3 is 2.08 bits per heavy atom. The Hall–Kier alpha value is -0.0800. The van der Waals surface area contributed by atoms with Gasteiger partial charge in [-0.05, 0) is 39.4 Å². The Kier molecular flexibility index (Phi) is 7.51. The van der Waals surface area contributed by atoms with E-state index in [9.17, 15) is 0 Å². The van der Waals surface area contributed by atoms with E-state index in [0.29, 0.717) is 6.04 Å². The van der Waals surface area contributed by atoms with Crippen LogP contribution >= 0.6 is 0 Å². The molecule has 0 bridgehead atoms. The minimum atomic E-state index is 0.697. The Labute approximate surface area is 77.1 Å². The van der Waals surface area contributed by atoms with E-state index in [1.54, 1.807) is 0 Å². The second-order valence-corrected chi connectivity index (χ2v) is 3.46. The second kappa shape index (κ2) is 7.56. The SMILES string of the molecule is CCC(CNC)C[C@@H](CC)NC. The summed E-state index contributed by atoms with van der Waals surface area (Å²) in [5, 5.41) is 6.59. The van der Waals surface area contributed by atoms with Gasteiger partial charge in [0.05, 0.1) is 0 Å². The maximum absolute atomic E-state index is 3.35. The van der Waals surface area contributed by atoms with E-state index in [-0.39, 0.29) is 0 Å². The third-order valence-electron chi connectivity index (χ3n) is 2.59. The molecule has 0 amide bonds. The highest BCUT2D eigenvalue weighted by Crippen LogP contribution is 2.11. The molecule has 0 aliphatic rings. The number of nitrogens with one attached hydrogen (secondary N) is 2. The van der Waals surface area contributed by atoms with Crippen molar-refractivity contribution in [2.75, 3.05) is 20.6 Å². The van der Waals surface area contributed by atoms with Gasteiger partial charge in [0, 0.05) is 6.04 Å². The number of hydrogen-bond donors (Lipinski definition) is 2. The van der Waals surface area contributed by atoms with Crippen molar-refractivity contribution in [3.63, 3.8) is 0 Å². The maximum atomic E-state index is 3.35. The van der Waals surface area contributed by atoms with Gasteiger partial charge < -0.3 is 10.6 Å². The molecule has 0 rings (SSSR count). The van der Waals surface area contributed by atoms with Gasteiger partial charge in [0.25, 0.3) is 0 Å². The van der Waals surface area contributed by atoms with Gasteiger partial charge in [0.2, 0.25) is 0 Å². The van der Waals surface area contributed by atoms with Crippen LogP contribution in [0.1, 0.15) is 33.1 Å². The predicted molar refractivity (Wildman–Crippen MR) is 55.5 cm³/mol. The first-order valence-corrected chi connectivity index (χ1v) is 5.10. The van der Waals surface area contributed by atoms with Crippen molar-refractivity contribution in [2.45, 2.75) is 39.2 Å². The van der Waals surface area contributed by atoms with Crippen molar-refractivity contribution in [1.82, 2.24) is 10.6 Å². The van der Waals surface area contributed by atoms with Crippen LogP contribution in [0.5, 0.6) is 0 Å². The van der Waals surface area contributed by atoms with Crippen molar-refractivity contribution >= 4 is 0 Å². The van der Waals surface area contributed by atoms with Gasteiger partial charge in [0.15, 0.2) is 0 Å². The molecule has 1 unspecified atom stereocenters. The third kappa shape index (κ3) is 4.73. The van der Waals surface area contributed by atoms with Crippen molar-refractivity contribution < 1.29 is 0 Å². The van der Waals surface area contributed by atoms with Crippen LogP contribution in [0.4, 0.5) is 0 Å². The molecule has 0 aliphatic heterocycles. The molecule has 74 valence electrons. The molecule has 2 heteroatoms. The van der Waals surface area contributed by atoms with E-state index in [1.807, 2.05) is 7.05 Å². The summed E-state index contributed by atoms with van der Waals surface area (Å²) in [6.07, 6.45) is 3.81. The molecular weight excluding hydrogens is 148 g/mol. The molecule has 0 radical (unpaired) electrons. The normalized spacial score (nSPS) is 16.0. The number of hydrogen-bond acceptors (Lipinski definition) is 2. The standard InChI is InChI=1S/C10H24N2/c1-5-9(8-11-3)7-10(6-2)12-4/h9-12H,5-8H2,1-4H3/t9?,10-/m1/s1. The van der Waals surface area contributed by atoms with Gasteiger partial charge in [-0.15, -0.1) is 0 Å². The van der Waals surface area contributed by atoms with Crippen molar-refractivity contribution in [3.8, 4) is 0 Å². The van der Waals surface area contributed by atoms with E-state index in [0.717, 1.165) is 12.5 Å². The zero-order chi connectivity index (χ0) is 9.40. The molecule has 2 N–H and O–H groups in total. The largest absolute Gasteiger partial charge is 0.319 e. The highest BCUT2D eigenvalue weighted by atomic mass is 14.9. The Bertz CT molecular complexity index is 89.8. The summed E-state index contributed by atoms with van der Waals surface area (Å²) >= 11 is 0. The molecule has 0 saturated heterocycles. The molecule has 0 aromatic rings. The summed E-state index contributed by atoms with van der Waals surface area (Å²) in [7, 11) is 4.09. The Morgan fingerprint density at radius 1 is 1.08 bits per heavy atom. The molecule has 0 spiro atoms. The van der Waals surface area contributed by atoms with Crippen LogP contribution in [0.2, 0.25) is 0 Å². The first-order valence-electron chi connectivity index (χ1n) is 5.10. The molecule has 0 saturated carbocycles. The molecular formula is C10H24N2. The Balaban J connectivity index is 3.65. The first-order chi connectivity index (χ1) is 5.78. The van der Waals surface area contributed by atoms with E-state index >= 15 is 0 Å². The van der Waals surface area contributed by atoms with E-state index in [2.05, 4.69) is 31.5 Å². The average Bonchev–Trinajstić information content (AvgIpc) is 2.12. The summed E-state index contributed by atoms with van der Waals surface area (Å²) in [5.41, 5.74) is 0. The summed E-state index contributed by atoms with van der Waals surface area (Å²) in [4.78, 5) is 0. The maximum Gasteiger partial charge on any atom is 0.00645 e. The molecule has 0 aromatic carbocycles. The summed E-state index contributed by atoms with van der Waals surface area (Å²) in [6.45, 7) is 5.66. The molecule has 2 nitrogen and oxygen atoms in total. The van der Waals surface area contributed by atoms with Crippen LogP contribution in [0.3, 0.4) is 0 Å². The van der Waals surface area contributed by atoms with Gasteiger partial charge in [-0.2, -0.15) is 0 Å². The number of rotatable bonds is 7. The summed E-state index contributed by atoms with van der Waals surface area (Å²) < 4.78 is 0. The van der Waals surface area contributed by atoms with Crippen LogP contribution in [-0.2, 0) is 0 Å². The fraction of sp³-hybridized carbons (Fsp3) is 1.00. The fourth-order valence-corrected chi connectivity index (χ4v) is 1.57. The van der Waals surface area contributed by atoms with E-state index in [1.165, 1.54) is 19.3 Å². The van der Waals surface area contributed by atoms with E-state index < -0.39 is 0 Å². The Morgan fingerprint density at radius 2 is 1.75 bits per heavy atom. The van der Waals surface area contributed by atoms with Crippen LogP contribution in [0.25, 0.3) is 0 Å². The lowest BCUT2D eigenvalue weighted by atomic mass is 9.96. The smallest absolute Gasteiger partial charge is 0.00645 e. The van der Waals surface area contributed by atoms with E-state index in [4.69, 9.17) is 0 Å². The second-order valence-electron chi connectivity index (χ2n) is 3.46. The zero-order valence-corrected chi connectivity index (χ0v) is 8.98. The monoisotopic (exact) mass is 172 g/mol. The molecule has 0 fully saturated rings. The van der Waals surface area contributed by atoms with Crippen molar-refractivity contribution in [2.24, 2.45) is 5.92 Å². The lowest BCUT2D eigenvalue weighted by Gasteiger charge is -2.20. The molecule has 2 atom stereocenters. The predicted octanol–water partition coefficient (Wildman–Crippen LogP) is 1.62. The fourth-order valence-electron chi connectivity index (χ4n) is 1.57. The average molecular weight is 172 g/mol.